The summed E-state index contributed by atoms with van der Waals surface area (Å²) in [5, 5.41) is 20.2. The van der Waals surface area contributed by atoms with Crippen molar-refractivity contribution in [2.45, 2.75) is 13.8 Å². The first-order valence-corrected chi connectivity index (χ1v) is 8.19. The van der Waals surface area contributed by atoms with Crippen molar-refractivity contribution in [1.29, 1.82) is 0 Å². The van der Waals surface area contributed by atoms with Gasteiger partial charge in [0, 0.05) is 0 Å². The Morgan fingerprint density at radius 2 is 1.14 bits per heavy atom. The molecule has 0 spiro atoms. The second-order valence-electron chi connectivity index (χ2n) is 5.98. The van der Waals surface area contributed by atoms with Gasteiger partial charge >= 0.3 is 11.9 Å². The van der Waals surface area contributed by atoms with Gasteiger partial charge in [0.2, 0.25) is 0 Å². The van der Waals surface area contributed by atoms with E-state index < -0.39 is 46.1 Å². The van der Waals surface area contributed by atoms with Crippen molar-refractivity contribution in [1.82, 2.24) is 0 Å². The molecular weight excluding hydrogens is 384 g/mol. The van der Waals surface area contributed by atoms with Crippen LogP contribution in [0.3, 0.4) is 0 Å². The highest BCUT2D eigenvalue weighted by molar-refractivity contribution is 6.02. The molecule has 2 rings (SSSR count). The smallest absolute Gasteiger partial charge is 0.341 e. The maximum atomic E-state index is 12.3. The first-order valence-electron chi connectivity index (χ1n) is 8.19. The number of carbonyl (C=O) groups is 4. The number of benzene rings is 2. The summed E-state index contributed by atoms with van der Waals surface area (Å²) in [6.45, 7) is 2.92. The monoisotopic (exact) mass is 402 g/mol. The number of phenolic OH excluding ortho intramolecular Hbond substituents is 2. The molecule has 0 aliphatic rings. The molecular formula is C20H18O9. The number of rotatable bonds is 6. The molecule has 0 atom stereocenters. The van der Waals surface area contributed by atoms with E-state index in [1.54, 1.807) is 0 Å². The van der Waals surface area contributed by atoms with Gasteiger partial charge in [-0.25, -0.2) is 9.59 Å². The average molecular weight is 402 g/mol. The Kier molecular flexibility index (Phi) is 6.22. The maximum Gasteiger partial charge on any atom is 0.341 e. The van der Waals surface area contributed by atoms with Crippen LogP contribution in [0.5, 0.6) is 23.0 Å². The van der Waals surface area contributed by atoms with Crippen LogP contribution in [0.2, 0.25) is 0 Å². The van der Waals surface area contributed by atoms with Gasteiger partial charge in [0.15, 0.2) is 24.1 Å². The van der Waals surface area contributed by atoms with Crippen LogP contribution in [0.15, 0.2) is 12.1 Å². The number of hydrogen-bond donors (Lipinski definition) is 2. The Morgan fingerprint density at radius 3 is 1.41 bits per heavy atom. The molecule has 2 aromatic rings. The summed E-state index contributed by atoms with van der Waals surface area (Å²) in [6, 6.07) is 2.33. The molecule has 0 aliphatic heterocycles. The number of phenols is 2. The molecule has 9 heteroatoms. The third-order valence-corrected chi connectivity index (χ3v) is 4.21. The predicted octanol–water partition coefficient (Wildman–Crippen LogP) is 2.71. The van der Waals surface area contributed by atoms with Crippen LogP contribution < -0.4 is 4.74 Å². The largest absolute Gasteiger partial charge is 0.507 e. The number of aromatic hydroxyl groups is 2. The summed E-state index contributed by atoms with van der Waals surface area (Å²) in [5.74, 6) is -3.65. The number of esters is 2. The highest BCUT2D eigenvalue weighted by Gasteiger charge is 2.29. The first kappa shape index (κ1) is 21.4. The fourth-order valence-corrected chi connectivity index (χ4v) is 2.82. The average Bonchev–Trinajstić information content (AvgIpc) is 2.67. The summed E-state index contributed by atoms with van der Waals surface area (Å²) >= 11 is 0. The van der Waals surface area contributed by atoms with Crippen molar-refractivity contribution >= 4 is 24.5 Å². The lowest BCUT2D eigenvalue weighted by molar-refractivity contribution is 0.0592. The van der Waals surface area contributed by atoms with Gasteiger partial charge in [-0.3, -0.25) is 9.59 Å². The molecule has 29 heavy (non-hydrogen) atoms. The van der Waals surface area contributed by atoms with Crippen LogP contribution in [0.1, 0.15) is 52.6 Å². The normalized spacial score (nSPS) is 10.2. The van der Waals surface area contributed by atoms with E-state index in [9.17, 15) is 29.4 Å². The Bertz CT molecular complexity index is 940. The van der Waals surface area contributed by atoms with Crippen LogP contribution >= 0.6 is 0 Å². The van der Waals surface area contributed by atoms with Crippen LogP contribution in [0.25, 0.3) is 0 Å². The Hall–Kier alpha value is -3.88. The van der Waals surface area contributed by atoms with E-state index in [4.69, 9.17) is 14.2 Å². The summed E-state index contributed by atoms with van der Waals surface area (Å²) in [5.41, 5.74) is -0.824. The zero-order valence-corrected chi connectivity index (χ0v) is 16.1. The van der Waals surface area contributed by atoms with Crippen LogP contribution in [-0.2, 0) is 9.47 Å². The highest BCUT2D eigenvalue weighted by atomic mass is 16.5. The van der Waals surface area contributed by atoms with Gasteiger partial charge in [-0.15, -0.1) is 0 Å². The topological polar surface area (TPSA) is 136 Å². The zero-order chi connectivity index (χ0) is 21.9. The van der Waals surface area contributed by atoms with Crippen LogP contribution in [-0.4, -0.2) is 48.9 Å². The summed E-state index contributed by atoms with van der Waals surface area (Å²) < 4.78 is 15.1. The van der Waals surface area contributed by atoms with E-state index in [0.717, 1.165) is 14.2 Å². The second kappa shape index (κ2) is 8.42. The first-order chi connectivity index (χ1) is 13.7. The lowest BCUT2D eigenvalue weighted by Crippen LogP contribution is -2.12. The third kappa shape index (κ3) is 3.75. The molecule has 9 nitrogen and oxygen atoms in total. The minimum absolute atomic E-state index is 0.207. The van der Waals surface area contributed by atoms with Gasteiger partial charge in [-0.05, 0) is 37.1 Å². The van der Waals surface area contributed by atoms with Gasteiger partial charge in [-0.2, -0.15) is 0 Å². The molecule has 0 aliphatic carbocycles. The van der Waals surface area contributed by atoms with Crippen molar-refractivity contribution in [2.75, 3.05) is 14.2 Å². The SMILES string of the molecule is COC(=O)c1c(C)cc(O)c(C=O)c1Oc1c(C=O)c(O)cc(C)c1C(=O)OC. The fraction of sp³-hybridized carbons (Fsp3) is 0.200. The molecule has 0 heterocycles. The molecule has 0 radical (unpaired) electrons. The minimum atomic E-state index is -0.884. The lowest BCUT2D eigenvalue weighted by Gasteiger charge is -2.19. The molecule has 2 N–H and O–H groups in total. The second-order valence-corrected chi connectivity index (χ2v) is 5.98. The van der Waals surface area contributed by atoms with Gasteiger partial charge in [0.05, 0.1) is 25.3 Å². The minimum Gasteiger partial charge on any atom is -0.507 e. The number of aryl methyl sites for hydroxylation is 2. The summed E-state index contributed by atoms with van der Waals surface area (Å²) in [4.78, 5) is 47.7. The molecule has 0 amide bonds. The molecule has 152 valence electrons. The van der Waals surface area contributed by atoms with Crippen LogP contribution in [0, 0.1) is 13.8 Å². The number of methoxy groups -OCH3 is 2. The number of carbonyl (C=O) groups excluding carboxylic acids is 4. The van der Waals surface area contributed by atoms with Crippen LogP contribution in [0.4, 0.5) is 0 Å². The molecule has 0 aromatic heterocycles. The molecule has 0 unspecified atom stereocenters. The third-order valence-electron chi connectivity index (χ3n) is 4.21. The number of aldehydes is 2. The number of ether oxygens (including phenoxy) is 3. The van der Waals surface area contributed by atoms with Gasteiger partial charge in [0.1, 0.15) is 22.6 Å². The quantitative estimate of drug-likeness (QED) is 0.552. The molecule has 0 bridgehead atoms. The van der Waals surface area contributed by atoms with Gasteiger partial charge in [-0.1, -0.05) is 0 Å². The standard InChI is InChI=1S/C20H18O9/c1-9-5-13(23)11(7-21)17(15(9)19(25)27-3)29-18-12(8-22)14(24)6-10(2)16(18)20(26)28-4/h5-8,23-24H,1-4H3. The molecule has 0 saturated heterocycles. The molecule has 0 fully saturated rings. The Balaban J connectivity index is 2.94. The van der Waals surface area contributed by atoms with Crippen molar-refractivity contribution in [3.05, 3.63) is 45.5 Å². The fourth-order valence-electron chi connectivity index (χ4n) is 2.82. The number of hydrogen-bond acceptors (Lipinski definition) is 9. The lowest BCUT2D eigenvalue weighted by atomic mass is 10.00. The Morgan fingerprint density at radius 1 is 0.793 bits per heavy atom. The van der Waals surface area contributed by atoms with Crippen molar-refractivity contribution in [3.63, 3.8) is 0 Å². The van der Waals surface area contributed by atoms with Gasteiger partial charge in [0.25, 0.3) is 0 Å². The van der Waals surface area contributed by atoms with E-state index in [-0.39, 0.29) is 34.8 Å². The maximum absolute atomic E-state index is 12.3. The zero-order valence-electron chi connectivity index (χ0n) is 16.1. The highest BCUT2D eigenvalue weighted by Crippen LogP contribution is 2.41. The van der Waals surface area contributed by atoms with E-state index in [2.05, 4.69) is 0 Å². The Labute approximate surface area is 165 Å². The predicted molar refractivity (Wildman–Crippen MR) is 99.2 cm³/mol. The van der Waals surface area contributed by atoms with Crippen molar-refractivity contribution in [3.8, 4) is 23.0 Å². The summed E-state index contributed by atoms with van der Waals surface area (Å²) in [6.07, 6.45) is 0.481. The van der Waals surface area contributed by atoms with Crippen molar-refractivity contribution < 1.29 is 43.6 Å². The van der Waals surface area contributed by atoms with Crippen molar-refractivity contribution in [2.24, 2.45) is 0 Å². The van der Waals surface area contributed by atoms with E-state index in [1.165, 1.54) is 26.0 Å². The molecule has 0 saturated carbocycles. The van der Waals surface area contributed by atoms with E-state index >= 15 is 0 Å². The van der Waals surface area contributed by atoms with Gasteiger partial charge < -0.3 is 24.4 Å². The van der Waals surface area contributed by atoms with E-state index in [1.807, 2.05) is 0 Å². The summed E-state index contributed by atoms with van der Waals surface area (Å²) in [7, 11) is 2.21. The molecule has 2 aromatic carbocycles. The van der Waals surface area contributed by atoms with E-state index in [0.29, 0.717) is 0 Å².